The first-order valence-electron chi connectivity index (χ1n) is 9.22. The predicted molar refractivity (Wildman–Crippen MR) is 123 cm³/mol. The summed E-state index contributed by atoms with van der Waals surface area (Å²) in [4.78, 5) is 12.6. The fourth-order valence-electron chi connectivity index (χ4n) is 2.98. The first kappa shape index (κ1) is 20.7. The van der Waals surface area contributed by atoms with Crippen LogP contribution in [0.25, 0.3) is 17.1 Å². The van der Waals surface area contributed by atoms with Gasteiger partial charge in [-0.2, -0.15) is 0 Å². The summed E-state index contributed by atoms with van der Waals surface area (Å²) in [5, 5.41) is 10.4. The average Bonchev–Trinajstić information content (AvgIpc) is 3.16. The number of aromatic nitrogens is 3. The minimum absolute atomic E-state index is 0.0213. The van der Waals surface area contributed by atoms with E-state index in [4.69, 9.17) is 23.2 Å². The summed E-state index contributed by atoms with van der Waals surface area (Å²) >= 11 is 14.2. The molecule has 0 fully saturated rings. The standard InChI is InChI=1S/C23H17Cl2N3OS/c1-15-10-12-16(13-11-15)21(29)14-30-23-27-26-22(17-6-2-3-7-18(17)24)28(23)20-9-5-4-8-19(20)25/h2-13H,14H2,1H3. The Balaban J connectivity index is 1.71. The Labute approximate surface area is 188 Å². The van der Waals surface area contributed by atoms with Gasteiger partial charge in [0.1, 0.15) is 0 Å². The summed E-state index contributed by atoms with van der Waals surface area (Å²) in [5.74, 6) is 0.820. The molecule has 3 aromatic carbocycles. The fraction of sp³-hybridized carbons (Fsp3) is 0.0870. The number of carbonyl (C=O) groups excluding carboxylic acids is 1. The summed E-state index contributed by atoms with van der Waals surface area (Å²) in [6.45, 7) is 1.99. The Morgan fingerprint density at radius 1 is 0.900 bits per heavy atom. The Hall–Kier alpha value is -2.60. The third kappa shape index (κ3) is 4.29. The minimum atomic E-state index is 0.0213. The first-order valence-corrected chi connectivity index (χ1v) is 11.0. The number of aryl methyl sites for hydroxylation is 1. The van der Waals surface area contributed by atoms with Crippen molar-refractivity contribution in [3.05, 3.63) is 94.0 Å². The van der Waals surface area contributed by atoms with Gasteiger partial charge in [-0.3, -0.25) is 9.36 Å². The van der Waals surface area contributed by atoms with Crippen molar-refractivity contribution in [1.82, 2.24) is 14.8 Å². The summed E-state index contributed by atoms with van der Waals surface area (Å²) < 4.78 is 1.84. The number of nitrogens with zero attached hydrogens (tertiary/aromatic N) is 3. The number of benzene rings is 3. The van der Waals surface area contributed by atoms with Crippen LogP contribution in [0, 0.1) is 6.92 Å². The Morgan fingerprint density at radius 3 is 2.27 bits per heavy atom. The largest absolute Gasteiger partial charge is 0.293 e. The maximum atomic E-state index is 12.6. The fourth-order valence-corrected chi connectivity index (χ4v) is 4.26. The lowest BCUT2D eigenvalue weighted by Gasteiger charge is -2.12. The molecule has 7 heteroatoms. The Bertz CT molecular complexity index is 1210. The monoisotopic (exact) mass is 453 g/mol. The topological polar surface area (TPSA) is 47.8 Å². The Kier molecular flexibility index (Phi) is 6.23. The molecular formula is C23H17Cl2N3OS. The van der Waals surface area contributed by atoms with E-state index >= 15 is 0 Å². The van der Waals surface area contributed by atoms with Gasteiger partial charge in [0.15, 0.2) is 16.8 Å². The molecule has 150 valence electrons. The molecule has 4 rings (SSSR count). The number of hydrogen-bond donors (Lipinski definition) is 0. The van der Waals surface area contributed by atoms with Crippen LogP contribution in [0.1, 0.15) is 15.9 Å². The number of Topliss-reactive ketones (excluding diaryl/α,β-unsaturated/α-hetero) is 1. The van der Waals surface area contributed by atoms with Crippen LogP contribution in [0.4, 0.5) is 0 Å². The zero-order valence-electron chi connectivity index (χ0n) is 16.0. The third-order valence-corrected chi connectivity index (χ3v) is 6.13. The number of thioether (sulfide) groups is 1. The molecule has 0 saturated heterocycles. The van der Waals surface area contributed by atoms with E-state index in [1.807, 2.05) is 72.2 Å². The number of para-hydroxylation sites is 1. The summed E-state index contributed by atoms with van der Waals surface area (Å²) in [6.07, 6.45) is 0. The molecule has 4 aromatic rings. The molecule has 0 atom stereocenters. The van der Waals surface area contributed by atoms with Gasteiger partial charge in [-0.25, -0.2) is 0 Å². The van der Waals surface area contributed by atoms with E-state index in [1.165, 1.54) is 11.8 Å². The van der Waals surface area contributed by atoms with Crippen molar-refractivity contribution in [2.75, 3.05) is 5.75 Å². The molecule has 1 heterocycles. The van der Waals surface area contributed by atoms with E-state index in [1.54, 1.807) is 12.1 Å². The maximum absolute atomic E-state index is 12.6. The summed E-state index contributed by atoms with van der Waals surface area (Å²) in [7, 11) is 0. The van der Waals surface area contributed by atoms with Gasteiger partial charge >= 0.3 is 0 Å². The quantitative estimate of drug-likeness (QED) is 0.246. The highest BCUT2D eigenvalue weighted by Gasteiger charge is 2.20. The molecule has 0 aliphatic carbocycles. The van der Waals surface area contributed by atoms with Crippen molar-refractivity contribution in [3.63, 3.8) is 0 Å². The van der Waals surface area contributed by atoms with Crippen LogP contribution < -0.4 is 0 Å². The zero-order valence-corrected chi connectivity index (χ0v) is 18.4. The van der Waals surface area contributed by atoms with E-state index in [0.717, 1.165) is 16.8 Å². The van der Waals surface area contributed by atoms with Crippen LogP contribution in [-0.2, 0) is 0 Å². The summed E-state index contributed by atoms with van der Waals surface area (Å²) in [6, 6.07) is 22.4. The van der Waals surface area contributed by atoms with Crippen molar-refractivity contribution in [2.45, 2.75) is 12.1 Å². The highest BCUT2D eigenvalue weighted by molar-refractivity contribution is 7.99. The zero-order chi connectivity index (χ0) is 21.1. The third-order valence-electron chi connectivity index (χ3n) is 4.55. The van der Waals surface area contributed by atoms with E-state index in [-0.39, 0.29) is 11.5 Å². The van der Waals surface area contributed by atoms with Crippen LogP contribution in [0.3, 0.4) is 0 Å². The number of halogens is 2. The highest BCUT2D eigenvalue weighted by Crippen LogP contribution is 2.34. The molecule has 0 amide bonds. The average molecular weight is 454 g/mol. The Morgan fingerprint density at radius 2 is 1.57 bits per heavy atom. The van der Waals surface area contributed by atoms with Gasteiger partial charge in [0.2, 0.25) is 0 Å². The van der Waals surface area contributed by atoms with Gasteiger partial charge < -0.3 is 0 Å². The molecule has 0 N–H and O–H groups in total. The van der Waals surface area contributed by atoms with E-state index < -0.39 is 0 Å². The SMILES string of the molecule is Cc1ccc(C(=O)CSc2nnc(-c3ccccc3Cl)n2-c2ccccc2Cl)cc1. The van der Waals surface area contributed by atoms with Crippen molar-refractivity contribution in [3.8, 4) is 17.1 Å². The lowest BCUT2D eigenvalue weighted by atomic mass is 10.1. The number of carbonyl (C=O) groups is 1. The van der Waals surface area contributed by atoms with Gasteiger partial charge in [-0.15, -0.1) is 10.2 Å². The van der Waals surface area contributed by atoms with Crippen molar-refractivity contribution in [1.29, 1.82) is 0 Å². The molecule has 1 aromatic heterocycles. The molecule has 0 radical (unpaired) electrons. The second-order valence-corrected chi connectivity index (χ2v) is 8.41. The second kappa shape index (κ2) is 9.04. The molecular weight excluding hydrogens is 437 g/mol. The van der Waals surface area contributed by atoms with Crippen LogP contribution in [0.15, 0.2) is 78.0 Å². The lowest BCUT2D eigenvalue weighted by molar-refractivity contribution is 0.102. The minimum Gasteiger partial charge on any atom is -0.293 e. The lowest BCUT2D eigenvalue weighted by Crippen LogP contribution is -2.05. The van der Waals surface area contributed by atoms with E-state index in [9.17, 15) is 4.79 Å². The predicted octanol–water partition coefficient (Wildman–Crippen LogP) is 6.52. The molecule has 0 unspecified atom stereocenters. The van der Waals surface area contributed by atoms with Gasteiger partial charge in [-0.1, -0.05) is 89.1 Å². The maximum Gasteiger partial charge on any atom is 0.196 e. The van der Waals surface area contributed by atoms with Crippen LogP contribution >= 0.6 is 35.0 Å². The van der Waals surface area contributed by atoms with Crippen molar-refractivity contribution < 1.29 is 4.79 Å². The molecule has 30 heavy (non-hydrogen) atoms. The van der Waals surface area contributed by atoms with E-state index in [2.05, 4.69) is 10.2 Å². The molecule has 0 aliphatic rings. The van der Waals surface area contributed by atoms with E-state index in [0.29, 0.717) is 26.6 Å². The van der Waals surface area contributed by atoms with Crippen LogP contribution in [0.5, 0.6) is 0 Å². The molecule has 0 saturated carbocycles. The number of rotatable bonds is 6. The van der Waals surface area contributed by atoms with Gasteiger partial charge in [0.25, 0.3) is 0 Å². The normalized spacial score (nSPS) is 10.9. The van der Waals surface area contributed by atoms with Crippen LogP contribution in [0.2, 0.25) is 10.0 Å². The van der Waals surface area contributed by atoms with Crippen LogP contribution in [-0.4, -0.2) is 26.3 Å². The van der Waals surface area contributed by atoms with Crippen molar-refractivity contribution in [2.24, 2.45) is 0 Å². The van der Waals surface area contributed by atoms with Gasteiger partial charge in [0.05, 0.1) is 21.5 Å². The first-order chi connectivity index (χ1) is 14.5. The second-order valence-electron chi connectivity index (χ2n) is 6.65. The molecule has 4 nitrogen and oxygen atoms in total. The molecule has 0 aliphatic heterocycles. The molecule has 0 bridgehead atoms. The van der Waals surface area contributed by atoms with Crippen molar-refractivity contribution >= 4 is 40.7 Å². The number of hydrogen-bond acceptors (Lipinski definition) is 4. The number of ketones is 1. The van der Waals surface area contributed by atoms with Gasteiger partial charge in [0, 0.05) is 11.1 Å². The highest BCUT2D eigenvalue weighted by atomic mass is 35.5. The summed E-state index contributed by atoms with van der Waals surface area (Å²) in [5.41, 5.74) is 3.25. The molecule has 0 spiro atoms. The smallest absolute Gasteiger partial charge is 0.196 e. The van der Waals surface area contributed by atoms with Gasteiger partial charge in [-0.05, 0) is 31.2 Å².